The van der Waals surface area contributed by atoms with Crippen LogP contribution < -0.4 is 35.8 Å². The second kappa shape index (κ2) is 12.3. The van der Waals surface area contributed by atoms with Crippen LogP contribution in [0.5, 0.6) is 23.0 Å². The summed E-state index contributed by atoms with van der Waals surface area (Å²) in [7, 11) is 0. The van der Waals surface area contributed by atoms with E-state index in [-0.39, 0.29) is 21.2 Å². The van der Waals surface area contributed by atoms with Crippen LogP contribution in [0.4, 0.5) is 13.2 Å². The maximum Gasteiger partial charge on any atom is 0.430 e. The Balaban J connectivity index is 0.000000429. The van der Waals surface area contributed by atoms with E-state index in [4.69, 9.17) is 19.4 Å². The number of hydrogen-bond acceptors (Lipinski definition) is 4. The van der Waals surface area contributed by atoms with E-state index in [1.165, 1.54) is 12.7 Å². The molecule has 4 aromatic rings. The minimum atomic E-state index is -5.19. The molecule has 0 spiro atoms. The highest BCUT2D eigenvalue weighted by Gasteiger charge is 2.28. The minimum absolute atomic E-state index is 0.233. The van der Waals surface area contributed by atoms with Crippen LogP contribution in [0.3, 0.4) is 0 Å². The van der Waals surface area contributed by atoms with Crippen molar-refractivity contribution in [3.05, 3.63) is 116 Å². The molecule has 0 aliphatic carbocycles. The molecule has 0 atom stereocenters. The van der Waals surface area contributed by atoms with Crippen molar-refractivity contribution in [1.29, 1.82) is 0 Å². The average molecular weight is 592 g/mol. The highest BCUT2D eigenvalue weighted by molar-refractivity contribution is 5.70. The first-order valence-electron chi connectivity index (χ1n) is 10.3. The highest BCUT2D eigenvalue weighted by atomic mass is 127. The van der Waals surface area contributed by atoms with Crippen LogP contribution in [-0.2, 0) is 4.79 Å². The molecule has 180 valence electrons. The molecule has 0 N–H and O–H groups in total. The number of aliphatic carboxylic acids is 1. The van der Waals surface area contributed by atoms with Gasteiger partial charge in [0.15, 0.2) is 7.14 Å². The third-order valence-electron chi connectivity index (χ3n) is 4.31. The van der Waals surface area contributed by atoms with E-state index in [1.54, 1.807) is 0 Å². The van der Waals surface area contributed by atoms with Crippen molar-refractivity contribution in [2.75, 3.05) is 0 Å². The lowest BCUT2D eigenvalue weighted by atomic mass is 10.2. The summed E-state index contributed by atoms with van der Waals surface area (Å²) in [6.07, 6.45) is -5.19. The lowest BCUT2D eigenvalue weighted by Gasteiger charge is -2.05. The van der Waals surface area contributed by atoms with Crippen LogP contribution in [0.2, 0.25) is 0 Å². The van der Waals surface area contributed by atoms with Crippen molar-refractivity contribution in [2.24, 2.45) is 0 Å². The van der Waals surface area contributed by atoms with Crippen LogP contribution in [0, 0.1) is 14.1 Å². The molecule has 4 nitrogen and oxygen atoms in total. The third kappa shape index (κ3) is 8.97. The van der Waals surface area contributed by atoms with Crippen molar-refractivity contribution >= 4 is 5.97 Å². The van der Waals surface area contributed by atoms with Crippen molar-refractivity contribution in [1.82, 2.24) is 0 Å². The summed E-state index contributed by atoms with van der Waals surface area (Å²) in [5.74, 6) is 0.438. The van der Waals surface area contributed by atoms with E-state index in [0.717, 1.165) is 23.0 Å². The lowest BCUT2D eigenvalue weighted by Crippen LogP contribution is -3.61. The second-order valence-corrected chi connectivity index (χ2v) is 10.1. The number of carbonyl (C=O) groups is 1. The van der Waals surface area contributed by atoms with Gasteiger partial charge in [0, 0.05) is 0 Å². The molecule has 0 radical (unpaired) electrons. The first-order valence-corrected chi connectivity index (χ1v) is 12.5. The molecule has 4 rings (SSSR count). The molecule has 0 aliphatic heterocycles. The van der Waals surface area contributed by atoms with Gasteiger partial charge >= 0.3 is 27.4 Å². The predicted octanol–water partition coefficient (Wildman–Crippen LogP) is 3.01. The second-order valence-electron chi connectivity index (χ2n) is 7.12. The summed E-state index contributed by atoms with van der Waals surface area (Å²) in [6.45, 7) is 2.07. The number of carbonyl (C=O) groups excluding carboxylic acids is 1. The fraction of sp³-hybridized carbons (Fsp3) is 0.0741. The van der Waals surface area contributed by atoms with Gasteiger partial charge in [0.25, 0.3) is 0 Å². The Hall–Kier alpha value is -3.53. The van der Waals surface area contributed by atoms with E-state index in [2.05, 4.69) is 43.3 Å². The number of aryl methyl sites for hydroxylation is 1. The Labute approximate surface area is 211 Å². The summed E-state index contributed by atoms with van der Waals surface area (Å²) >= 11 is -0.233. The van der Waals surface area contributed by atoms with Gasteiger partial charge in [-0.2, -0.15) is 13.2 Å². The largest absolute Gasteiger partial charge is 0.542 e. The molecule has 0 amide bonds. The topological polar surface area (TPSA) is 58.6 Å². The normalized spacial score (nSPS) is 10.6. The molecule has 0 aromatic heterocycles. The Bertz CT molecular complexity index is 1210. The zero-order chi connectivity index (χ0) is 25.3. The zero-order valence-corrected chi connectivity index (χ0v) is 20.6. The van der Waals surface area contributed by atoms with Crippen LogP contribution >= 0.6 is 0 Å². The standard InChI is InChI=1S/C25H20IO2.C2HF3O2/c1-19-7-13-23(14-8-19)28-25-17-11-21(12-18-25)26-20-9-15-24(16-10-20)27-22-5-3-2-4-6-22;3-2(4,5)1(6)7/h2-18H,1H3;(H,6,7)/q+1;/p-1. The van der Waals surface area contributed by atoms with Gasteiger partial charge in [0.05, 0.1) is 0 Å². The number of halogens is 4. The summed E-state index contributed by atoms with van der Waals surface area (Å²) in [4.78, 5) is 8.78. The van der Waals surface area contributed by atoms with Crippen LogP contribution in [-0.4, -0.2) is 12.1 Å². The van der Waals surface area contributed by atoms with Crippen LogP contribution in [0.1, 0.15) is 5.56 Å². The van der Waals surface area contributed by atoms with Gasteiger partial charge in [-0.1, -0.05) is 35.9 Å². The number of ether oxygens (including phenoxy) is 2. The number of carboxylic acid groups (broad SMARTS) is 1. The molecule has 0 fully saturated rings. The van der Waals surface area contributed by atoms with E-state index in [9.17, 15) is 13.2 Å². The summed E-state index contributed by atoms with van der Waals surface area (Å²) in [6, 6.07) is 34.7. The van der Waals surface area contributed by atoms with E-state index in [0.29, 0.717) is 0 Å². The SMILES string of the molecule is Cc1ccc(Oc2ccc([I+]c3ccc(Oc4ccccc4)cc3)cc2)cc1.O=C([O-])C(F)(F)F. The van der Waals surface area contributed by atoms with Gasteiger partial charge in [0.2, 0.25) is 0 Å². The zero-order valence-electron chi connectivity index (χ0n) is 18.5. The maximum atomic E-state index is 10.5. The Morgan fingerprint density at radius 1 is 0.657 bits per heavy atom. The third-order valence-corrected chi connectivity index (χ3v) is 7.00. The molecule has 35 heavy (non-hydrogen) atoms. The summed E-state index contributed by atoms with van der Waals surface area (Å²) in [5.41, 5.74) is 1.23. The quantitative estimate of drug-likeness (QED) is 0.324. The number of carboxylic acids is 1. The smallest absolute Gasteiger partial charge is 0.430 e. The van der Waals surface area contributed by atoms with Gasteiger partial charge in [0.1, 0.15) is 29.0 Å². The molecule has 0 unspecified atom stereocenters. The van der Waals surface area contributed by atoms with Crippen molar-refractivity contribution in [3.63, 3.8) is 0 Å². The fourth-order valence-corrected chi connectivity index (χ4v) is 4.78. The molecule has 0 saturated carbocycles. The Morgan fingerprint density at radius 2 is 1.00 bits per heavy atom. The van der Waals surface area contributed by atoms with Gasteiger partial charge < -0.3 is 19.4 Å². The minimum Gasteiger partial charge on any atom is -0.542 e. The predicted molar refractivity (Wildman–Crippen MR) is 119 cm³/mol. The molecule has 0 heterocycles. The number of hydrogen-bond donors (Lipinski definition) is 0. The Kier molecular flexibility index (Phi) is 9.13. The first kappa shape index (κ1) is 26.1. The molecule has 0 aliphatic rings. The number of benzene rings is 4. The highest BCUT2D eigenvalue weighted by Crippen LogP contribution is 2.21. The van der Waals surface area contributed by atoms with Crippen molar-refractivity contribution in [3.8, 4) is 23.0 Å². The number of alkyl halides is 3. The van der Waals surface area contributed by atoms with E-state index >= 15 is 0 Å². The summed E-state index contributed by atoms with van der Waals surface area (Å²) < 4.78 is 46.0. The van der Waals surface area contributed by atoms with E-state index < -0.39 is 12.1 Å². The summed E-state index contributed by atoms with van der Waals surface area (Å²) in [5, 5.41) is 8.78. The molecular weight excluding hydrogens is 572 g/mol. The molecular formula is C27H20F3IO4. The van der Waals surface area contributed by atoms with Crippen molar-refractivity contribution in [2.45, 2.75) is 13.1 Å². The van der Waals surface area contributed by atoms with Gasteiger partial charge in [-0.15, -0.1) is 0 Å². The number of para-hydroxylation sites is 1. The maximum absolute atomic E-state index is 10.5. The van der Waals surface area contributed by atoms with E-state index in [1.807, 2.05) is 66.7 Å². The number of rotatable bonds is 6. The van der Waals surface area contributed by atoms with Gasteiger partial charge in [-0.3, -0.25) is 0 Å². The Morgan fingerprint density at radius 3 is 1.37 bits per heavy atom. The molecule has 0 bridgehead atoms. The molecule has 4 aromatic carbocycles. The molecule has 0 saturated heterocycles. The van der Waals surface area contributed by atoms with Crippen LogP contribution in [0.25, 0.3) is 0 Å². The first-order chi connectivity index (χ1) is 16.7. The average Bonchev–Trinajstić information content (AvgIpc) is 2.83. The van der Waals surface area contributed by atoms with Crippen molar-refractivity contribution < 1.29 is 53.8 Å². The van der Waals surface area contributed by atoms with Crippen LogP contribution in [0.15, 0.2) is 103 Å². The van der Waals surface area contributed by atoms with Gasteiger partial charge in [-0.25, -0.2) is 0 Å². The monoisotopic (exact) mass is 592 g/mol. The lowest BCUT2D eigenvalue weighted by molar-refractivity contribution is -0.597. The fourth-order valence-electron chi connectivity index (χ4n) is 2.62. The molecule has 8 heteroatoms. The van der Waals surface area contributed by atoms with Gasteiger partial charge in [-0.05, 0) is 79.7 Å².